The topological polar surface area (TPSA) is 43.3 Å². The van der Waals surface area contributed by atoms with Crippen LogP contribution in [0.2, 0.25) is 0 Å². The summed E-state index contributed by atoms with van der Waals surface area (Å²) in [6, 6.07) is 46.3. The quantitative estimate of drug-likeness (QED) is 0.225. The molecule has 0 bridgehead atoms. The van der Waals surface area contributed by atoms with E-state index in [-0.39, 0.29) is 0 Å². The fraction of sp³-hybridized carbons (Fsp3) is 0. The van der Waals surface area contributed by atoms with Gasteiger partial charge in [0, 0.05) is 33.5 Å². The molecule has 0 amide bonds. The first-order valence-electron chi connectivity index (χ1n) is 14.1. The van der Waals surface area contributed by atoms with Gasteiger partial charge in [0.2, 0.25) is 0 Å². The number of para-hydroxylation sites is 2. The predicted octanol–water partition coefficient (Wildman–Crippen LogP) is 9.94. The van der Waals surface area contributed by atoms with Crippen molar-refractivity contribution in [3.05, 3.63) is 140 Å². The zero-order chi connectivity index (χ0) is 27.6. The van der Waals surface area contributed by atoms with Crippen LogP contribution in [0.15, 0.2) is 144 Å². The highest BCUT2D eigenvalue weighted by Gasteiger charge is 2.17. The number of hydrogen-bond donors (Lipinski definition) is 0. The van der Waals surface area contributed by atoms with Crippen molar-refractivity contribution >= 4 is 49.5 Å². The standard InChI is InChI=1S/C38H23N3O/c1-2-9-26(10-3-1)35-37-36(40-34-15-6-7-22-41(34)37)31-23-27(20-21-32(31)39-35)24-16-18-25(19-17-24)28-12-8-13-30-29-11-4-5-14-33(29)42-38(28)30/h1-23H. The number of fused-ring (bicyclic) bond motifs is 8. The van der Waals surface area contributed by atoms with E-state index in [0.717, 1.165) is 83.0 Å². The number of hydrogen-bond acceptors (Lipinski definition) is 3. The Balaban J connectivity index is 1.19. The van der Waals surface area contributed by atoms with Crippen molar-refractivity contribution in [2.75, 3.05) is 0 Å². The smallest absolute Gasteiger partial charge is 0.143 e. The average Bonchev–Trinajstić information content (AvgIpc) is 3.64. The summed E-state index contributed by atoms with van der Waals surface area (Å²) in [4.78, 5) is 10.2. The largest absolute Gasteiger partial charge is 0.455 e. The van der Waals surface area contributed by atoms with Crippen LogP contribution in [0.5, 0.6) is 0 Å². The molecule has 0 spiro atoms. The van der Waals surface area contributed by atoms with Gasteiger partial charge in [-0.3, -0.25) is 4.40 Å². The third-order valence-electron chi connectivity index (χ3n) is 8.22. The van der Waals surface area contributed by atoms with Crippen LogP contribution in [0, 0.1) is 0 Å². The summed E-state index contributed by atoms with van der Waals surface area (Å²) in [5.74, 6) is 0. The molecule has 0 fully saturated rings. The Labute approximate surface area is 241 Å². The van der Waals surface area contributed by atoms with E-state index < -0.39 is 0 Å². The Morgan fingerprint density at radius 2 is 1.29 bits per heavy atom. The lowest BCUT2D eigenvalue weighted by atomic mass is 9.97. The van der Waals surface area contributed by atoms with E-state index >= 15 is 0 Å². The van der Waals surface area contributed by atoms with Gasteiger partial charge >= 0.3 is 0 Å². The third-order valence-corrected chi connectivity index (χ3v) is 8.22. The van der Waals surface area contributed by atoms with Crippen molar-refractivity contribution < 1.29 is 4.42 Å². The second-order valence-corrected chi connectivity index (χ2v) is 10.7. The Hall–Kier alpha value is -5.74. The van der Waals surface area contributed by atoms with Gasteiger partial charge < -0.3 is 4.42 Å². The minimum atomic E-state index is 0.911. The SMILES string of the molecule is c1ccc(-c2nc3ccc(-c4ccc(-c5cccc6c5oc5ccccc56)cc4)cc3c3nc4ccccn4c23)cc1. The van der Waals surface area contributed by atoms with Crippen LogP contribution in [0.4, 0.5) is 0 Å². The normalized spacial score (nSPS) is 11.8. The Morgan fingerprint density at radius 3 is 2.19 bits per heavy atom. The monoisotopic (exact) mass is 537 g/mol. The van der Waals surface area contributed by atoms with Crippen LogP contribution in [0.25, 0.3) is 83.0 Å². The molecule has 4 heterocycles. The molecule has 5 aromatic carbocycles. The van der Waals surface area contributed by atoms with Gasteiger partial charge in [-0.1, -0.05) is 103 Å². The molecule has 196 valence electrons. The minimum absolute atomic E-state index is 0.911. The maximum absolute atomic E-state index is 6.29. The molecule has 0 saturated heterocycles. The molecule has 0 atom stereocenters. The van der Waals surface area contributed by atoms with Crippen molar-refractivity contribution in [3.63, 3.8) is 0 Å². The van der Waals surface area contributed by atoms with Gasteiger partial charge in [0.25, 0.3) is 0 Å². The first kappa shape index (κ1) is 23.0. The van der Waals surface area contributed by atoms with E-state index in [0.29, 0.717) is 0 Å². The van der Waals surface area contributed by atoms with Crippen molar-refractivity contribution in [1.82, 2.24) is 14.4 Å². The van der Waals surface area contributed by atoms with Crippen molar-refractivity contribution in [3.8, 4) is 33.5 Å². The highest BCUT2D eigenvalue weighted by atomic mass is 16.3. The van der Waals surface area contributed by atoms with Gasteiger partial charge in [-0.05, 0) is 47.0 Å². The molecular weight excluding hydrogens is 514 g/mol. The highest BCUT2D eigenvalue weighted by molar-refractivity contribution is 6.11. The van der Waals surface area contributed by atoms with Crippen LogP contribution >= 0.6 is 0 Å². The van der Waals surface area contributed by atoms with E-state index in [1.54, 1.807) is 0 Å². The van der Waals surface area contributed by atoms with Crippen molar-refractivity contribution in [2.24, 2.45) is 0 Å². The molecule has 0 unspecified atom stereocenters. The predicted molar refractivity (Wildman–Crippen MR) is 172 cm³/mol. The molecule has 4 aromatic heterocycles. The Bertz CT molecular complexity index is 2450. The van der Waals surface area contributed by atoms with Gasteiger partial charge in [-0.2, -0.15) is 0 Å². The maximum Gasteiger partial charge on any atom is 0.143 e. The maximum atomic E-state index is 6.29. The van der Waals surface area contributed by atoms with Crippen LogP contribution in [-0.2, 0) is 0 Å². The van der Waals surface area contributed by atoms with E-state index in [9.17, 15) is 0 Å². The molecule has 42 heavy (non-hydrogen) atoms. The van der Waals surface area contributed by atoms with E-state index in [2.05, 4.69) is 108 Å². The van der Waals surface area contributed by atoms with E-state index in [1.165, 1.54) is 0 Å². The molecule has 0 aliphatic heterocycles. The van der Waals surface area contributed by atoms with Gasteiger partial charge in [0.1, 0.15) is 22.3 Å². The third kappa shape index (κ3) is 3.42. The number of imidazole rings is 1. The lowest BCUT2D eigenvalue weighted by molar-refractivity contribution is 0.670. The van der Waals surface area contributed by atoms with Crippen molar-refractivity contribution in [1.29, 1.82) is 0 Å². The second-order valence-electron chi connectivity index (χ2n) is 10.7. The number of benzene rings is 5. The number of nitrogens with zero attached hydrogens (tertiary/aromatic N) is 3. The lowest BCUT2D eigenvalue weighted by Crippen LogP contribution is -1.92. The highest BCUT2D eigenvalue weighted by Crippen LogP contribution is 2.38. The molecular formula is C38H23N3O. The summed E-state index contributed by atoms with van der Waals surface area (Å²) < 4.78 is 8.44. The first-order valence-corrected chi connectivity index (χ1v) is 14.1. The minimum Gasteiger partial charge on any atom is -0.455 e. The second kappa shape index (κ2) is 8.88. The summed E-state index contributed by atoms with van der Waals surface area (Å²) in [5.41, 5.74) is 12.2. The molecule has 4 nitrogen and oxygen atoms in total. The molecule has 9 rings (SSSR count). The fourth-order valence-corrected chi connectivity index (χ4v) is 6.20. The molecule has 0 saturated carbocycles. The molecule has 0 aliphatic carbocycles. The number of pyridine rings is 2. The zero-order valence-electron chi connectivity index (χ0n) is 22.5. The van der Waals surface area contributed by atoms with E-state index in [1.807, 2.05) is 36.4 Å². The van der Waals surface area contributed by atoms with Gasteiger partial charge in [-0.15, -0.1) is 0 Å². The summed E-state index contributed by atoms with van der Waals surface area (Å²) >= 11 is 0. The van der Waals surface area contributed by atoms with Gasteiger partial charge in [-0.25, -0.2) is 9.97 Å². The summed E-state index contributed by atoms with van der Waals surface area (Å²) in [7, 11) is 0. The average molecular weight is 538 g/mol. The number of aromatic nitrogens is 3. The summed E-state index contributed by atoms with van der Waals surface area (Å²) in [6.45, 7) is 0. The van der Waals surface area contributed by atoms with Crippen LogP contribution in [0.1, 0.15) is 0 Å². The molecule has 9 aromatic rings. The first-order chi connectivity index (χ1) is 20.8. The number of rotatable bonds is 3. The van der Waals surface area contributed by atoms with Gasteiger partial charge in [0.15, 0.2) is 0 Å². The van der Waals surface area contributed by atoms with E-state index in [4.69, 9.17) is 14.4 Å². The molecule has 0 radical (unpaired) electrons. The lowest BCUT2D eigenvalue weighted by Gasteiger charge is -2.10. The molecule has 0 aliphatic rings. The fourth-order valence-electron chi connectivity index (χ4n) is 6.20. The van der Waals surface area contributed by atoms with Crippen LogP contribution in [-0.4, -0.2) is 14.4 Å². The summed E-state index contributed by atoms with van der Waals surface area (Å²) in [6.07, 6.45) is 2.07. The van der Waals surface area contributed by atoms with Crippen molar-refractivity contribution in [2.45, 2.75) is 0 Å². The molecule has 0 N–H and O–H groups in total. The number of furan rings is 1. The molecule has 4 heteroatoms. The van der Waals surface area contributed by atoms with Crippen LogP contribution in [0.3, 0.4) is 0 Å². The van der Waals surface area contributed by atoms with Crippen LogP contribution < -0.4 is 0 Å². The summed E-state index contributed by atoms with van der Waals surface area (Å²) in [5, 5.41) is 3.33. The zero-order valence-corrected chi connectivity index (χ0v) is 22.5. The Morgan fingerprint density at radius 1 is 0.524 bits per heavy atom. The Kier molecular flexibility index (Phi) is 4.87. The van der Waals surface area contributed by atoms with Gasteiger partial charge in [0.05, 0.1) is 16.7 Å².